The van der Waals surface area contributed by atoms with E-state index in [2.05, 4.69) is 52.1 Å². The van der Waals surface area contributed by atoms with Crippen molar-refractivity contribution < 1.29 is 9.59 Å². The molecule has 3 amide bonds. The van der Waals surface area contributed by atoms with Crippen LogP contribution in [-0.4, -0.2) is 33.9 Å². The molecular weight excluding hydrogens is 382 g/mol. The van der Waals surface area contributed by atoms with Crippen molar-refractivity contribution in [2.24, 2.45) is 0 Å². The topological polar surface area (TPSA) is 96.0 Å². The predicted molar refractivity (Wildman–Crippen MR) is 109 cm³/mol. The van der Waals surface area contributed by atoms with Gasteiger partial charge in [0.05, 0.1) is 5.75 Å². The molecule has 0 unspecified atom stereocenters. The molecule has 1 aromatic heterocycles. The van der Waals surface area contributed by atoms with Crippen LogP contribution in [0.2, 0.25) is 0 Å². The van der Waals surface area contributed by atoms with E-state index in [1.54, 1.807) is 0 Å². The van der Waals surface area contributed by atoms with Crippen molar-refractivity contribution in [2.75, 3.05) is 11.1 Å². The van der Waals surface area contributed by atoms with E-state index in [1.807, 2.05) is 6.07 Å². The number of carbonyl (C=O) groups excluding carboxylic acids is 2. The molecule has 0 bridgehead atoms. The number of carbonyl (C=O) groups is 2. The highest BCUT2D eigenvalue weighted by Gasteiger charge is 2.18. The van der Waals surface area contributed by atoms with Gasteiger partial charge in [-0.1, -0.05) is 42.0 Å². The molecule has 0 spiro atoms. The number of aromatic nitrogens is 2. The summed E-state index contributed by atoms with van der Waals surface area (Å²) < 4.78 is 0.674. The van der Waals surface area contributed by atoms with Crippen LogP contribution >= 0.6 is 23.1 Å². The van der Waals surface area contributed by atoms with Gasteiger partial charge in [0.15, 0.2) is 4.34 Å². The maximum Gasteiger partial charge on any atom is 0.321 e. The molecular formula is C18H23N5O2S2. The third-order valence-corrected chi connectivity index (χ3v) is 6.41. The number of anilines is 2. The van der Waals surface area contributed by atoms with Crippen LogP contribution in [0.15, 0.2) is 22.5 Å². The number of nitrogens with one attached hydrogen (secondary N) is 3. The Kier molecular flexibility index (Phi) is 6.68. The molecule has 1 saturated carbocycles. The molecule has 1 aliphatic rings. The van der Waals surface area contributed by atoms with E-state index in [9.17, 15) is 9.59 Å². The molecule has 0 saturated heterocycles. The average Bonchev–Trinajstić information content (AvgIpc) is 3.28. The van der Waals surface area contributed by atoms with Crippen molar-refractivity contribution in [1.82, 2.24) is 20.8 Å². The van der Waals surface area contributed by atoms with Crippen molar-refractivity contribution >= 4 is 45.9 Å². The molecule has 9 heteroatoms. The fraction of sp³-hybridized carbons (Fsp3) is 0.444. The van der Waals surface area contributed by atoms with Gasteiger partial charge in [-0.05, 0) is 49.9 Å². The summed E-state index contributed by atoms with van der Waals surface area (Å²) in [6, 6.07) is 5.87. The maximum atomic E-state index is 11.9. The standard InChI is InChI=1S/C18H23N5O2S2/c1-11-7-8-14(9-12(11)2)20-17-22-23-18(27-17)26-10-15(24)21-16(25)19-13-5-3-4-6-13/h7-9,13H,3-6,10H2,1-2H3,(H,20,22)(H2,19,21,24,25). The SMILES string of the molecule is Cc1ccc(Nc2nnc(SCC(=O)NC(=O)NC3CCCC3)s2)cc1C. The summed E-state index contributed by atoms with van der Waals surface area (Å²) >= 11 is 2.64. The van der Waals surface area contributed by atoms with Crippen LogP contribution in [-0.2, 0) is 4.79 Å². The monoisotopic (exact) mass is 405 g/mol. The molecule has 0 atom stereocenters. The molecule has 1 heterocycles. The number of nitrogens with zero attached hydrogens (tertiary/aromatic N) is 2. The lowest BCUT2D eigenvalue weighted by molar-refractivity contribution is -0.117. The van der Waals surface area contributed by atoms with Crippen molar-refractivity contribution in [3.8, 4) is 0 Å². The molecule has 0 aliphatic heterocycles. The number of benzene rings is 1. The Morgan fingerprint density at radius 1 is 1.19 bits per heavy atom. The molecule has 2 aromatic rings. The molecule has 3 N–H and O–H groups in total. The van der Waals surface area contributed by atoms with Crippen LogP contribution in [0.1, 0.15) is 36.8 Å². The van der Waals surface area contributed by atoms with Gasteiger partial charge in [0, 0.05) is 11.7 Å². The van der Waals surface area contributed by atoms with Crippen LogP contribution in [0.5, 0.6) is 0 Å². The lowest BCUT2D eigenvalue weighted by Crippen LogP contribution is -2.44. The maximum absolute atomic E-state index is 11.9. The Labute approximate surface area is 166 Å². The smallest absolute Gasteiger partial charge is 0.321 e. The summed E-state index contributed by atoms with van der Waals surface area (Å²) in [4.78, 5) is 23.7. The number of thioether (sulfide) groups is 1. The molecule has 144 valence electrons. The van der Waals surface area contributed by atoms with E-state index in [4.69, 9.17) is 0 Å². The van der Waals surface area contributed by atoms with Crippen LogP contribution in [0, 0.1) is 13.8 Å². The Morgan fingerprint density at radius 2 is 1.96 bits per heavy atom. The zero-order valence-electron chi connectivity index (χ0n) is 15.4. The Bertz CT molecular complexity index is 818. The second-order valence-corrected chi connectivity index (χ2v) is 8.79. The van der Waals surface area contributed by atoms with E-state index in [0.29, 0.717) is 9.47 Å². The zero-order chi connectivity index (χ0) is 19.2. The molecule has 1 fully saturated rings. The molecule has 0 radical (unpaired) electrons. The molecule has 27 heavy (non-hydrogen) atoms. The van der Waals surface area contributed by atoms with Gasteiger partial charge < -0.3 is 10.6 Å². The summed E-state index contributed by atoms with van der Waals surface area (Å²) in [5.74, 6) is -0.217. The largest absolute Gasteiger partial charge is 0.335 e. The van der Waals surface area contributed by atoms with Gasteiger partial charge in [0.1, 0.15) is 0 Å². The molecule has 7 nitrogen and oxygen atoms in total. The zero-order valence-corrected chi connectivity index (χ0v) is 17.0. The van der Waals surface area contributed by atoms with Crippen molar-refractivity contribution in [2.45, 2.75) is 49.9 Å². The van der Waals surface area contributed by atoms with E-state index in [1.165, 1.54) is 34.2 Å². The first-order valence-electron chi connectivity index (χ1n) is 8.90. The van der Waals surface area contributed by atoms with Crippen molar-refractivity contribution in [3.63, 3.8) is 0 Å². The summed E-state index contributed by atoms with van der Waals surface area (Å²) in [6.07, 6.45) is 4.23. The van der Waals surface area contributed by atoms with Crippen LogP contribution in [0.3, 0.4) is 0 Å². The number of amides is 3. The highest BCUT2D eigenvalue weighted by Crippen LogP contribution is 2.28. The fourth-order valence-corrected chi connectivity index (χ4v) is 4.42. The van der Waals surface area contributed by atoms with Gasteiger partial charge in [-0.3, -0.25) is 10.1 Å². The Hall–Kier alpha value is -2.13. The van der Waals surface area contributed by atoms with Gasteiger partial charge in [-0.2, -0.15) is 0 Å². The number of imide groups is 1. The summed E-state index contributed by atoms with van der Waals surface area (Å²) in [5.41, 5.74) is 3.39. The first-order chi connectivity index (χ1) is 13.0. The second-order valence-electron chi connectivity index (χ2n) is 6.59. The number of aryl methyl sites for hydroxylation is 2. The molecule has 1 aromatic carbocycles. The Morgan fingerprint density at radius 3 is 2.70 bits per heavy atom. The van der Waals surface area contributed by atoms with Crippen molar-refractivity contribution in [1.29, 1.82) is 0 Å². The fourth-order valence-electron chi connectivity index (χ4n) is 2.84. The van der Waals surface area contributed by atoms with Crippen LogP contribution in [0.4, 0.5) is 15.6 Å². The van der Waals surface area contributed by atoms with Gasteiger partial charge in [0.2, 0.25) is 11.0 Å². The molecule has 1 aliphatic carbocycles. The lowest BCUT2D eigenvalue weighted by atomic mass is 10.1. The first kappa shape index (κ1) is 19.6. The minimum atomic E-state index is -0.415. The summed E-state index contributed by atoms with van der Waals surface area (Å²) in [6.45, 7) is 4.13. The van der Waals surface area contributed by atoms with E-state index < -0.39 is 6.03 Å². The van der Waals surface area contributed by atoms with Gasteiger partial charge in [-0.15, -0.1) is 10.2 Å². The number of urea groups is 1. The minimum absolute atomic E-state index is 0.121. The highest BCUT2D eigenvalue weighted by atomic mass is 32.2. The summed E-state index contributed by atoms with van der Waals surface area (Å²) in [5, 5.41) is 17.3. The molecule has 3 rings (SSSR count). The lowest BCUT2D eigenvalue weighted by Gasteiger charge is -2.11. The Balaban J connectivity index is 1.43. The van der Waals surface area contributed by atoms with Gasteiger partial charge in [0.25, 0.3) is 0 Å². The van der Waals surface area contributed by atoms with E-state index in [-0.39, 0.29) is 17.7 Å². The minimum Gasteiger partial charge on any atom is -0.335 e. The van der Waals surface area contributed by atoms with Gasteiger partial charge >= 0.3 is 6.03 Å². The third-order valence-electron chi connectivity index (χ3n) is 4.43. The number of rotatable bonds is 6. The number of hydrogen-bond donors (Lipinski definition) is 3. The first-order valence-corrected chi connectivity index (χ1v) is 10.7. The quantitative estimate of drug-likeness (QED) is 0.633. The van der Waals surface area contributed by atoms with E-state index >= 15 is 0 Å². The third kappa shape index (κ3) is 5.93. The second kappa shape index (κ2) is 9.18. The van der Waals surface area contributed by atoms with Crippen molar-refractivity contribution in [3.05, 3.63) is 29.3 Å². The van der Waals surface area contributed by atoms with E-state index in [0.717, 1.165) is 31.4 Å². The number of hydrogen-bond acceptors (Lipinski definition) is 7. The summed E-state index contributed by atoms with van der Waals surface area (Å²) in [7, 11) is 0. The normalized spacial score (nSPS) is 14.1. The van der Waals surface area contributed by atoms with Gasteiger partial charge in [-0.25, -0.2) is 4.79 Å². The van der Waals surface area contributed by atoms with Crippen LogP contribution in [0.25, 0.3) is 0 Å². The average molecular weight is 406 g/mol. The predicted octanol–water partition coefficient (Wildman–Crippen LogP) is 3.76. The van der Waals surface area contributed by atoms with Crippen LogP contribution < -0.4 is 16.0 Å². The highest BCUT2D eigenvalue weighted by molar-refractivity contribution is 8.01.